The van der Waals surface area contributed by atoms with Gasteiger partial charge in [0.2, 0.25) is 5.91 Å². The van der Waals surface area contributed by atoms with Gasteiger partial charge in [0.1, 0.15) is 5.75 Å². The first kappa shape index (κ1) is 14.9. The van der Waals surface area contributed by atoms with Crippen molar-refractivity contribution in [2.45, 2.75) is 25.8 Å². The van der Waals surface area contributed by atoms with Crippen LogP contribution < -0.4 is 10.1 Å². The molecule has 4 nitrogen and oxygen atoms in total. The van der Waals surface area contributed by atoms with E-state index in [0.717, 1.165) is 23.8 Å². The molecule has 1 atom stereocenters. The summed E-state index contributed by atoms with van der Waals surface area (Å²) in [5.41, 5.74) is 1.11. The number of carbonyl (C=O) groups excluding carboxylic acids is 1. The van der Waals surface area contributed by atoms with Gasteiger partial charge in [-0.2, -0.15) is 0 Å². The highest BCUT2D eigenvalue weighted by Crippen LogP contribution is 2.27. The molecule has 0 radical (unpaired) electrons. The summed E-state index contributed by atoms with van der Waals surface area (Å²) in [5.74, 6) is 1.77. The smallest absolute Gasteiger partial charge is 0.236 e. The van der Waals surface area contributed by atoms with E-state index in [2.05, 4.69) is 5.32 Å². The van der Waals surface area contributed by atoms with Crippen LogP contribution in [0.2, 0.25) is 0 Å². The van der Waals surface area contributed by atoms with Crippen molar-refractivity contribution < 1.29 is 9.53 Å². The molecule has 0 aromatic heterocycles. The van der Waals surface area contributed by atoms with Gasteiger partial charge in [-0.1, -0.05) is 12.1 Å². The topological polar surface area (TPSA) is 41.6 Å². The van der Waals surface area contributed by atoms with Gasteiger partial charge in [-0.25, -0.2) is 0 Å². The number of hydrogen-bond acceptors (Lipinski definition) is 3. The quantitative estimate of drug-likeness (QED) is 0.830. The lowest BCUT2D eigenvalue weighted by molar-refractivity contribution is -0.130. The van der Waals surface area contributed by atoms with Crippen molar-refractivity contribution in [1.82, 2.24) is 10.2 Å². The van der Waals surface area contributed by atoms with E-state index in [-0.39, 0.29) is 11.9 Å². The second-order valence-corrected chi connectivity index (χ2v) is 5.53. The Morgan fingerprint density at radius 3 is 2.60 bits per heavy atom. The second-order valence-electron chi connectivity index (χ2n) is 5.53. The lowest BCUT2D eigenvalue weighted by atomic mass is 10.1. The molecule has 1 unspecified atom stereocenters. The third-order valence-electron chi connectivity index (χ3n) is 3.98. The van der Waals surface area contributed by atoms with E-state index in [4.69, 9.17) is 4.74 Å². The summed E-state index contributed by atoms with van der Waals surface area (Å²) in [4.78, 5) is 13.9. The Labute approximate surface area is 121 Å². The SMILES string of the molecule is COc1ccc(C(C)N(C)C(=O)CNCC2CC2)cc1. The van der Waals surface area contributed by atoms with Gasteiger partial charge in [-0.05, 0) is 49.9 Å². The fourth-order valence-corrected chi connectivity index (χ4v) is 2.15. The Hall–Kier alpha value is -1.55. The van der Waals surface area contributed by atoms with Crippen LogP contribution >= 0.6 is 0 Å². The maximum Gasteiger partial charge on any atom is 0.236 e. The van der Waals surface area contributed by atoms with E-state index in [0.29, 0.717) is 6.54 Å². The van der Waals surface area contributed by atoms with Crippen LogP contribution in [0.1, 0.15) is 31.4 Å². The number of rotatable bonds is 7. The predicted molar refractivity (Wildman–Crippen MR) is 79.8 cm³/mol. The maximum absolute atomic E-state index is 12.1. The molecule has 1 N–H and O–H groups in total. The molecule has 2 rings (SSSR count). The number of nitrogens with zero attached hydrogens (tertiary/aromatic N) is 1. The van der Waals surface area contributed by atoms with E-state index >= 15 is 0 Å². The largest absolute Gasteiger partial charge is 0.497 e. The second kappa shape index (κ2) is 6.75. The minimum absolute atomic E-state index is 0.0659. The number of methoxy groups -OCH3 is 1. The zero-order valence-electron chi connectivity index (χ0n) is 12.6. The molecule has 1 aromatic carbocycles. The van der Waals surface area contributed by atoms with Crippen molar-refractivity contribution in [3.05, 3.63) is 29.8 Å². The van der Waals surface area contributed by atoms with Crippen molar-refractivity contribution in [3.63, 3.8) is 0 Å². The number of carbonyl (C=O) groups is 1. The average molecular weight is 276 g/mol. The molecule has 1 amide bonds. The molecule has 1 saturated carbocycles. The summed E-state index contributed by atoms with van der Waals surface area (Å²) < 4.78 is 5.15. The third-order valence-corrected chi connectivity index (χ3v) is 3.98. The molecule has 0 heterocycles. The Morgan fingerprint density at radius 2 is 2.05 bits per heavy atom. The zero-order chi connectivity index (χ0) is 14.5. The van der Waals surface area contributed by atoms with E-state index in [1.807, 2.05) is 38.2 Å². The van der Waals surface area contributed by atoms with Crippen LogP contribution in [0.3, 0.4) is 0 Å². The lowest BCUT2D eigenvalue weighted by Gasteiger charge is -2.25. The van der Waals surface area contributed by atoms with Crippen LogP contribution in [-0.2, 0) is 4.79 Å². The van der Waals surface area contributed by atoms with Crippen molar-refractivity contribution in [2.75, 3.05) is 27.2 Å². The molecular formula is C16H24N2O2. The van der Waals surface area contributed by atoms with Crippen molar-refractivity contribution in [3.8, 4) is 5.75 Å². The fourth-order valence-electron chi connectivity index (χ4n) is 2.15. The van der Waals surface area contributed by atoms with Gasteiger partial charge in [0, 0.05) is 7.05 Å². The first-order valence-electron chi connectivity index (χ1n) is 7.22. The van der Waals surface area contributed by atoms with Gasteiger partial charge in [0.15, 0.2) is 0 Å². The average Bonchev–Trinajstić information content (AvgIpc) is 3.30. The highest BCUT2D eigenvalue weighted by Gasteiger charge is 2.22. The standard InChI is InChI=1S/C16H24N2O2/c1-12(14-6-8-15(20-3)9-7-14)18(2)16(19)11-17-10-13-4-5-13/h6-9,12-13,17H,4-5,10-11H2,1-3H3. The molecule has 20 heavy (non-hydrogen) atoms. The number of amides is 1. The first-order chi connectivity index (χ1) is 9.61. The Morgan fingerprint density at radius 1 is 1.40 bits per heavy atom. The number of benzene rings is 1. The predicted octanol–water partition coefficient (Wildman–Crippen LogP) is 2.21. The molecule has 1 aliphatic carbocycles. The normalized spacial score (nSPS) is 15.8. The van der Waals surface area contributed by atoms with Gasteiger partial charge in [0.05, 0.1) is 19.7 Å². The van der Waals surface area contributed by atoms with Gasteiger partial charge in [0.25, 0.3) is 0 Å². The molecule has 1 aromatic rings. The summed E-state index contributed by atoms with van der Waals surface area (Å²) in [6.07, 6.45) is 2.61. The fraction of sp³-hybridized carbons (Fsp3) is 0.562. The maximum atomic E-state index is 12.1. The van der Waals surface area contributed by atoms with Crippen LogP contribution in [0.25, 0.3) is 0 Å². The molecule has 1 aliphatic rings. The van der Waals surface area contributed by atoms with Crippen LogP contribution in [-0.4, -0.2) is 38.1 Å². The zero-order valence-corrected chi connectivity index (χ0v) is 12.6. The summed E-state index contributed by atoms with van der Waals surface area (Å²) in [5, 5.41) is 3.24. The summed E-state index contributed by atoms with van der Waals surface area (Å²) in [6, 6.07) is 7.93. The summed E-state index contributed by atoms with van der Waals surface area (Å²) in [6.45, 7) is 3.44. The third kappa shape index (κ3) is 3.97. The molecule has 4 heteroatoms. The van der Waals surface area contributed by atoms with Crippen LogP contribution in [0.15, 0.2) is 24.3 Å². The van der Waals surface area contributed by atoms with Crippen LogP contribution in [0.5, 0.6) is 5.75 Å². The molecule has 0 saturated heterocycles. The van der Waals surface area contributed by atoms with Crippen LogP contribution in [0, 0.1) is 5.92 Å². The summed E-state index contributed by atoms with van der Waals surface area (Å²) >= 11 is 0. The Bertz CT molecular complexity index is 440. The van der Waals surface area contributed by atoms with E-state index in [1.54, 1.807) is 12.0 Å². The first-order valence-corrected chi connectivity index (χ1v) is 7.22. The Balaban J connectivity index is 1.84. The molecule has 110 valence electrons. The number of ether oxygens (including phenoxy) is 1. The van der Waals surface area contributed by atoms with E-state index in [1.165, 1.54) is 12.8 Å². The van der Waals surface area contributed by atoms with Crippen molar-refractivity contribution in [2.24, 2.45) is 5.92 Å². The van der Waals surface area contributed by atoms with E-state index < -0.39 is 0 Å². The monoisotopic (exact) mass is 276 g/mol. The van der Waals surface area contributed by atoms with Crippen LogP contribution in [0.4, 0.5) is 0 Å². The number of likely N-dealkylation sites (N-methyl/N-ethyl adjacent to an activating group) is 1. The highest BCUT2D eigenvalue weighted by atomic mass is 16.5. The molecule has 0 aliphatic heterocycles. The lowest BCUT2D eigenvalue weighted by Crippen LogP contribution is -2.37. The van der Waals surface area contributed by atoms with Gasteiger partial charge in [-0.3, -0.25) is 4.79 Å². The molecule has 1 fully saturated rings. The van der Waals surface area contributed by atoms with Gasteiger partial charge in [-0.15, -0.1) is 0 Å². The Kier molecular flexibility index (Phi) is 5.01. The molecule has 0 bridgehead atoms. The number of hydrogen-bond donors (Lipinski definition) is 1. The number of nitrogens with one attached hydrogen (secondary N) is 1. The summed E-state index contributed by atoms with van der Waals surface area (Å²) in [7, 11) is 3.51. The minimum atomic E-state index is 0.0659. The molecule has 0 spiro atoms. The van der Waals surface area contributed by atoms with Gasteiger partial charge >= 0.3 is 0 Å². The molecular weight excluding hydrogens is 252 g/mol. The van der Waals surface area contributed by atoms with Crippen molar-refractivity contribution >= 4 is 5.91 Å². The van der Waals surface area contributed by atoms with E-state index in [9.17, 15) is 4.79 Å². The minimum Gasteiger partial charge on any atom is -0.497 e. The highest BCUT2D eigenvalue weighted by molar-refractivity contribution is 5.78. The van der Waals surface area contributed by atoms with Crippen molar-refractivity contribution in [1.29, 1.82) is 0 Å². The van der Waals surface area contributed by atoms with Gasteiger partial charge < -0.3 is 15.0 Å².